The molecule has 0 atom stereocenters. The minimum absolute atomic E-state index is 0.209. The first-order valence-corrected chi connectivity index (χ1v) is 9.32. The number of pyridine rings is 1. The molecule has 5 heteroatoms. The van der Waals surface area contributed by atoms with Crippen LogP contribution in [0.2, 0.25) is 0 Å². The maximum absolute atomic E-state index is 12.6. The Morgan fingerprint density at radius 3 is 2.57 bits per heavy atom. The summed E-state index contributed by atoms with van der Waals surface area (Å²) in [6.45, 7) is 4.46. The van der Waals surface area contributed by atoms with E-state index < -0.39 is 0 Å². The number of carbonyl (C=O) groups is 1. The molecule has 0 saturated heterocycles. The van der Waals surface area contributed by atoms with E-state index in [9.17, 15) is 4.79 Å². The molecule has 3 aromatic rings. The second kappa shape index (κ2) is 9.46. The fourth-order valence-electron chi connectivity index (χ4n) is 2.65. The molecule has 0 radical (unpaired) electrons. The maximum Gasteiger partial charge on any atom is 0.257 e. The molecule has 1 amide bonds. The third-order valence-electron chi connectivity index (χ3n) is 4.27. The number of benzene rings is 2. The number of guanidine groups is 1. The molecule has 3 rings (SSSR count). The van der Waals surface area contributed by atoms with Gasteiger partial charge in [0.2, 0.25) is 5.96 Å². The first-order chi connectivity index (χ1) is 13.6. The number of hydrogen-bond acceptors (Lipinski definition) is 3. The molecule has 0 aliphatic heterocycles. The van der Waals surface area contributed by atoms with E-state index in [1.54, 1.807) is 18.3 Å². The maximum atomic E-state index is 12.6. The van der Waals surface area contributed by atoms with Crippen molar-refractivity contribution in [2.45, 2.75) is 26.8 Å². The molecule has 28 heavy (non-hydrogen) atoms. The predicted octanol–water partition coefficient (Wildman–Crippen LogP) is 4.35. The standard InChI is InChI=1S/C23H24N4O/c1-3-18-7-6-9-20(15-18)26-23(25-16-21-8-4-5-14-24-21)27-22(28)19-12-10-17(2)11-13-19/h4-15H,3,16H2,1-2H3,(H2,25,26,27,28). The first-order valence-electron chi connectivity index (χ1n) is 9.32. The molecule has 2 N–H and O–H groups in total. The lowest BCUT2D eigenvalue weighted by atomic mass is 10.1. The van der Waals surface area contributed by atoms with Crippen molar-refractivity contribution in [2.75, 3.05) is 5.32 Å². The van der Waals surface area contributed by atoms with E-state index in [1.807, 2.05) is 55.5 Å². The van der Waals surface area contributed by atoms with Crippen LogP contribution in [-0.4, -0.2) is 16.9 Å². The van der Waals surface area contributed by atoms with Gasteiger partial charge in [0.15, 0.2) is 0 Å². The molecule has 0 aliphatic rings. The van der Waals surface area contributed by atoms with Gasteiger partial charge in [0.1, 0.15) is 0 Å². The smallest absolute Gasteiger partial charge is 0.257 e. The average Bonchev–Trinajstić information content (AvgIpc) is 2.73. The third-order valence-corrected chi connectivity index (χ3v) is 4.27. The number of anilines is 1. The van der Waals surface area contributed by atoms with Crippen molar-refractivity contribution >= 4 is 17.6 Å². The van der Waals surface area contributed by atoms with Gasteiger partial charge in [-0.3, -0.25) is 15.1 Å². The number of rotatable bonds is 5. The molecule has 0 bridgehead atoms. The summed E-state index contributed by atoms with van der Waals surface area (Å²) in [5.74, 6) is 0.184. The average molecular weight is 372 g/mol. The Labute approximate surface area is 165 Å². The van der Waals surface area contributed by atoms with E-state index in [0.717, 1.165) is 23.4 Å². The van der Waals surface area contributed by atoms with Crippen LogP contribution in [0.5, 0.6) is 0 Å². The predicted molar refractivity (Wildman–Crippen MR) is 113 cm³/mol. The molecular formula is C23H24N4O. The fourth-order valence-corrected chi connectivity index (χ4v) is 2.65. The number of hydrogen-bond donors (Lipinski definition) is 2. The third kappa shape index (κ3) is 5.51. The lowest BCUT2D eigenvalue weighted by molar-refractivity contribution is 0.0977. The van der Waals surface area contributed by atoms with Gasteiger partial charge in [-0.15, -0.1) is 0 Å². The van der Waals surface area contributed by atoms with Gasteiger partial charge in [-0.2, -0.15) is 0 Å². The quantitative estimate of drug-likeness (QED) is 0.517. The van der Waals surface area contributed by atoms with Gasteiger partial charge in [-0.1, -0.05) is 42.8 Å². The van der Waals surface area contributed by atoms with Gasteiger partial charge in [0, 0.05) is 17.4 Å². The highest BCUT2D eigenvalue weighted by Gasteiger charge is 2.10. The van der Waals surface area contributed by atoms with Gasteiger partial charge in [-0.05, 0) is 55.3 Å². The first kappa shape index (κ1) is 19.3. The van der Waals surface area contributed by atoms with Crippen LogP contribution in [0, 0.1) is 6.92 Å². The molecule has 0 unspecified atom stereocenters. The van der Waals surface area contributed by atoms with Crippen LogP contribution in [0.15, 0.2) is 77.9 Å². The molecule has 2 aromatic carbocycles. The Bertz CT molecular complexity index is 950. The lowest BCUT2D eigenvalue weighted by Crippen LogP contribution is -2.36. The molecule has 142 valence electrons. The van der Waals surface area contributed by atoms with Crippen molar-refractivity contribution in [3.05, 3.63) is 95.3 Å². The van der Waals surface area contributed by atoms with E-state index in [0.29, 0.717) is 18.1 Å². The molecule has 1 heterocycles. The van der Waals surface area contributed by atoms with E-state index in [-0.39, 0.29) is 5.91 Å². The monoisotopic (exact) mass is 372 g/mol. The zero-order chi connectivity index (χ0) is 19.8. The second-order valence-corrected chi connectivity index (χ2v) is 6.48. The molecule has 0 fully saturated rings. The Morgan fingerprint density at radius 2 is 1.86 bits per heavy atom. The summed E-state index contributed by atoms with van der Waals surface area (Å²) in [7, 11) is 0. The van der Waals surface area contributed by atoms with Crippen molar-refractivity contribution in [1.29, 1.82) is 0 Å². The zero-order valence-corrected chi connectivity index (χ0v) is 16.1. The van der Waals surface area contributed by atoms with E-state index >= 15 is 0 Å². The summed E-state index contributed by atoms with van der Waals surface area (Å²) in [6.07, 6.45) is 2.67. The Morgan fingerprint density at radius 1 is 1.04 bits per heavy atom. The van der Waals surface area contributed by atoms with Crippen LogP contribution in [-0.2, 0) is 13.0 Å². The summed E-state index contributed by atoms with van der Waals surface area (Å²) >= 11 is 0. The van der Waals surface area contributed by atoms with Crippen LogP contribution >= 0.6 is 0 Å². The Hall–Kier alpha value is -3.47. The minimum Gasteiger partial charge on any atom is -0.326 e. The fraction of sp³-hybridized carbons (Fsp3) is 0.174. The highest BCUT2D eigenvalue weighted by molar-refractivity contribution is 6.09. The van der Waals surface area contributed by atoms with Crippen molar-refractivity contribution in [3.8, 4) is 0 Å². The summed E-state index contributed by atoms with van der Waals surface area (Å²) < 4.78 is 0. The number of aliphatic imine (C=N–C) groups is 1. The Kier molecular flexibility index (Phi) is 6.52. The molecule has 0 spiro atoms. The Balaban J connectivity index is 1.80. The van der Waals surface area contributed by atoms with Crippen molar-refractivity contribution < 1.29 is 4.79 Å². The largest absolute Gasteiger partial charge is 0.326 e. The lowest BCUT2D eigenvalue weighted by Gasteiger charge is -2.13. The number of nitrogens with zero attached hydrogens (tertiary/aromatic N) is 2. The van der Waals surface area contributed by atoms with Crippen LogP contribution < -0.4 is 10.6 Å². The molecular weight excluding hydrogens is 348 g/mol. The number of amides is 1. The van der Waals surface area contributed by atoms with Gasteiger partial charge in [0.25, 0.3) is 5.91 Å². The topological polar surface area (TPSA) is 66.4 Å². The summed E-state index contributed by atoms with van der Waals surface area (Å²) in [5.41, 5.74) is 4.60. The van der Waals surface area contributed by atoms with Crippen LogP contribution in [0.25, 0.3) is 0 Å². The summed E-state index contributed by atoms with van der Waals surface area (Å²) in [6, 6.07) is 21.2. The number of aryl methyl sites for hydroxylation is 2. The second-order valence-electron chi connectivity index (χ2n) is 6.48. The summed E-state index contributed by atoms with van der Waals surface area (Å²) in [5, 5.41) is 6.11. The zero-order valence-electron chi connectivity index (χ0n) is 16.1. The minimum atomic E-state index is -0.209. The SMILES string of the molecule is CCc1cccc(NC(=NCc2ccccn2)NC(=O)c2ccc(C)cc2)c1. The normalized spacial score (nSPS) is 11.1. The molecule has 5 nitrogen and oxygen atoms in total. The van der Waals surface area contributed by atoms with E-state index in [4.69, 9.17) is 0 Å². The van der Waals surface area contributed by atoms with Crippen LogP contribution in [0.1, 0.15) is 34.1 Å². The van der Waals surface area contributed by atoms with Crippen molar-refractivity contribution in [2.24, 2.45) is 4.99 Å². The van der Waals surface area contributed by atoms with Crippen molar-refractivity contribution in [3.63, 3.8) is 0 Å². The highest BCUT2D eigenvalue weighted by Crippen LogP contribution is 2.11. The van der Waals surface area contributed by atoms with E-state index in [2.05, 4.69) is 33.6 Å². The molecule has 0 saturated carbocycles. The van der Waals surface area contributed by atoms with Gasteiger partial charge in [-0.25, -0.2) is 4.99 Å². The number of nitrogens with one attached hydrogen (secondary N) is 2. The molecule has 0 aliphatic carbocycles. The summed E-state index contributed by atoms with van der Waals surface area (Å²) in [4.78, 5) is 21.5. The number of carbonyl (C=O) groups excluding carboxylic acids is 1. The van der Waals surface area contributed by atoms with Crippen LogP contribution in [0.4, 0.5) is 5.69 Å². The van der Waals surface area contributed by atoms with Crippen LogP contribution in [0.3, 0.4) is 0 Å². The van der Waals surface area contributed by atoms with Gasteiger partial charge >= 0.3 is 0 Å². The van der Waals surface area contributed by atoms with Gasteiger partial charge in [0.05, 0.1) is 12.2 Å². The highest BCUT2D eigenvalue weighted by atomic mass is 16.1. The molecule has 1 aromatic heterocycles. The number of aromatic nitrogens is 1. The van der Waals surface area contributed by atoms with E-state index in [1.165, 1.54) is 5.56 Å². The van der Waals surface area contributed by atoms with Crippen molar-refractivity contribution in [1.82, 2.24) is 10.3 Å². The van der Waals surface area contributed by atoms with Gasteiger partial charge < -0.3 is 5.32 Å².